The van der Waals surface area contributed by atoms with Gasteiger partial charge < -0.3 is 10.4 Å². The highest BCUT2D eigenvalue weighted by Gasteiger charge is 2.37. The van der Waals surface area contributed by atoms with E-state index in [4.69, 9.17) is 11.6 Å². The fourth-order valence-electron chi connectivity index (χ4n) is 4.43. The lowest BCUT2D eigenvalue weighted by atomic mass is 9.84. The van der Waals surface area contributed by atoms with Gasteiger partial charge in [0.1, 0.15) is 26.6 Å². The number of nitrogens with zero attached hydrogens (tertiary/aromatic N) is 2. The number of nitrogens with one attached hydrogen (secondary N) is 1. The summed E-state index contributed by atoms with van der Waals surface area (Å²) in [6.07, 6.45) is 3.53. The zero-order valence-corrected chi connectivity index (χ0v) is 21.6. The largest absolute Gasteiger partial charge is 0.388 e. The first-order chi connectivity index (χ1) is 15.8. The standard InChI is InChI=1S/C24H33ClFN3O4S/c1-5-20-28-21(22(25)29(20)17-7-6-16(12-15(2)3)19(26)13-17)23(30)27-14-24(31)10-8-18(9-11-24)34(4,32)33/h6-7,13,15,18,31H,5,8-12,14H2,1-4H3,(H,27,30). The Morgan fingerprint density at radius 3 is 2.53 bits per heavy atom. The first-order valence-corrected chi connectivity index (χ1v) is 13.9. The minimum atomic E-state index is -3.15. The Morgan fingerprint density at radius 1 is 1.35 bits per heavy atom. The maximum absolute atomic E-state index is 14.7. The van der Waals surface area contributed by atoms with Gasteiger partial charge in [0.15, 0.2) is 5.69 Å². The number of aliphatic hydroxyl groups is 1. The first-order valence-electron chi connectivity index (χ1n) is 11.6. The molecule has 0 aliphatic heterocycles. The number of rotatable bonds is 8. The molecule has 1 fully saturated rings. The van der Waals surface area contributed by atoms with Gasteiger partial charge in [-0.2, -0.15) is 0 Å². The number of hydrogen-bond donors (Lipinski definition) is 2. The molecular formula is C24H33ClFN3O4S. The normalized spacial score (nSPS) is 21.1. The number of carbonyl (C=O) groups excluding carboxylic acids is 1. The molecule has 0 radical (unpaired) electrons. The number of aryl methyl sites for hydroxylation is 1. The van der Waals surface area contributed by atoms with Crippen molar-refractivity contribution in [1.29, 1.82) is 0 Å². The van der Waals surface area contributed by atoms with Crippen molar-refractivity contribution < 1.29 is 22.7 Å². The van der Waals surface area contributed by atoms with Crippen molar-refractivity contribution in [3.63, 3.8) is 0 Å². The second-order valence-electron chi connectivity index (χ2n) is 9.67. The van der Waals surface area contributed by atoms with Crippen molar-refractivity contribution in [3.8, 4) is 5.69 Å². The molecule has 1 aromatic heterocycles. The fourth-order valence-corrected chi connectivity index (χ4v) is 5.85. The van der Waals surface area contributed by atoms with Crippen LogP contribution in [0.15, 0.2) is 18.2 Å². The predicted octanol–water partition coefficient (Wildman–Crippen LogP) is 3.87. The smallest absolute Gasteiger partial charge is 0.273 e. The Hall–Kier alpha value is -1.97. The molecule has 1 heterocycles. The van der Waals surface area contributed by atoms with E-state index in [1.807, 2.05) is 20.8 Å². The lowest BCUT2D eigenvalue weighted by Gasteiger charge is -2.35. The van der Waals surface area contributed by atoms with Crippen molar-refractivity contribution >= 4 is 27.3 Å². The highest BCUT2D eigenvalue weighted by atomic mass is 35.5. The van der Waals surface area contributed by atoms with E-state index in [9.17, 15) is 22.7 Å². The Morgan fingerprint density at radius 2 is 2.00 bits per heavy atom. The summed E-state index contributed by atoms with van der Waals surface area (Å²) in [6.45, 7) is 5.87. The molecule has 1 aliphatic rings. The van der Waals surface area contributed by atoms with Crippen molar-refractivity contribution in [2.75, 3.05) is 12.8 Å². The fraction of sp³-hybridized carbons (Fsp3) is 0.583. The Labute approximate surface area is 205 Å². The predicted molar refractivity (Wildman–Crippen MR) is 131 cm³/mol. The SMILES string of the molecule is CCc1nc(C(=O)NCC2(O)CCC(S(C)(=O)=O)CC2)c(Cl)n1-c1ccc(CC(C)C)c(F)c1. The number of halogens is 2. The quantitative estimate of drug-likeness (QED) is 0.558. The number of hydrogen-bond acceptors (Lipinski definition) is 5. The number of benzene rings is 1. The molecule has 7 nitrogen and oxygen atoms in total. The van der Waals surface area contributed by atoms with Crippen molar-refractivity contribution in [2.24, 2.45) is 5.92 Å². The van der Waals surface area contributed by atoms with E-state index in [2.05, 4.69) is 10.3 Å². The summed E-state index contributed by atoms with van der Waals surface area (Å²) in [7, 11) is -3.15. The summed E-state index contributed by atoms with van der Waals surface area (Å²) in [5.74, 6) is -0.0570. The average Bonchev–Trinajstić information content (AvgIpc) is 3.09. The number of sulfone groups is 1. The van der Waals surface area contributed by atoms with E-state index in [0.29, 0.717) is 48.7 Å². The van der Waals surface area contributed by atoms with Crippen LogP contribution in [0.25, 0.3) is 5.69 Å². The Bertz CT molecular complexity index is 1160. The molecule has 0 bridgehead atoms. The van der Waals surface area contributed by atoms with Gasteiger partial charge in [-0.15, -0.1) is 0 Å². The average molecular weight is 514 g/mol. The summed E-state index contributed by atoms with van der Waals surface area (Å²) >= 11 is 6.53. The lowest BCUT2D eigenvalue weighted by molar-refractivity contribution is 0.00607. The monoisotopic (exact) mass is 513 g/mol. The second kappa shape index (κ2) is 10.3. The molecule has 2 N–H and O–H groups in total. The summed E-state index contributed by atoms with van der Waals surface area (Å²) in [5, 5.41) is 13.1. The molecule has 10 heteroatoms. The molecule has 0 saturated heterocycles. The van der Waals surface area contributed by atoms with E-state index < -0.39 is 26.6 Å². The number of carbonyl (C=O) groups is 1. The van der Waals surface area contributed by atoms with E-state index in [-0.39, 0.29) is 36.1 Å². The van der Waals surface area contributed by atoms with E-state index in [1.54, 1.807) is 16.7 Å². The zero-order chi connectivity index (χ0) is 25.3. The van der Waals surface area contributed by atoms with Crippen LogP contribution >= 0.6 is 11.6 Å². The molecule has 2 aromatic rings. The molecule has 0 spiro atoms. The summed E-state index contributed by atoms with van der Waals surface area (Å²) in [4.78, 5) is 17.2. The van der Waals surface area contributed by atoms with Crippen LogP contribution in [0.5, 0.6) is 0 Å². The van der Waals surface area contributed by atoms with Crippen LogP contribution in [0.1, 0.15) is 68.3 Å². The van der Waals surface area contributed by atoms with Gasteiger partial charge in [0.2, 0.25) is 0 Å². The van der Waals surface area contributed by atoms with Crippen LogP contribution in [0.3, 0.4) is 0 Å². The van der Waals surface area contributed by atoms with Gasteiger partial charge in [0.05, 0.1) is 16.5 Å². The van der Waals surface area contributed by atoms with Crippen LogP contribution in [-0.4, -0.2) is 52.6 Å². The summed E-state index contributed by atoms with van der Waals surface area (Å²) < 4.78 is 39.7. The molecule has 1 amide bonds. The van der Waals surface area contributed by atoms with Crippen LogP contribution in [-0.2, 0) is 22.7 Å². The highest BCUT2D eigenvalue weighted by Crippen LogP contribution is 2.31. The molecule has 3 rings (SSSR count). The van der Waals surface area contributed by atoms with E-state index in [1.165, 1.54) is 12.3 Å². The third-order valence-corrected chi connectivity index (χ3v) is 8.42. The third kappa shape index (κ3) is 5.98. The molecule has 0 atom stereocenters. The van der Waals surface area contributed by atoms with Crippen molar-refractivity contribution in [2.45, 2.75) is 70.1 Å². The molecule has 1 aromatic carbocycles. The van der Waals surface area contributed by atoms with Gasteiger partial charge in [-0.3, -0.25) is 9.36 Å². The number of imidazole rings is 1. The third-order valence-electron chi connectivity index (χ3n) is 6.39. The van der Waals surface area contributed by atoms with Crippen molar-refractivity contribution in [1.82, 2.24) is 14.9 Å². The highest BCUT2D eigenvalue weighted by molar-refractivity contribution is 7.91. The van der Waals surface area contributed by atoms with Crippen LogP contribution in [0.4, 0.5) is 4.39 Å². The molecular weight excluding hydrogens is 481 g/mol. The van der Waals surface area contributed by atoms with Gasteiger partial charge in [-0.25, -0.2) is 17.8 Å². The molecule has 34 heavy (non-hydrogen) atoms. The Balaban J connectivity index is 1.76. The summed E-state index contributed by atoms with van der Waals surface area (Å²) in [6, 6.07) is 4.88. The Kier molecular flexibility index (Phi) is 8.10. The minimum absolute atomic E-state index is 0.00129. The van der Waals surface area contributed by atoms with Gasteiger partial charge in [-0.05, 0) is 55.7 Å². The van der Waals surface area contributed by atoms with Gasteiger partial charge in [0.25, 0.3) is 5.91 Å². The van der Waals surface area contributed by atoms with Crippen LogP contribution in [0.2, 0.25) is 5.15 Å². The van der Waals surface area contributed by atoms with E-state index >= 15 is 0 Å². The molecule has 1 saturated carbocycles. The maximum Gasteiger partial charge on any atom is 0.273 e. The zero-order valence-electron chi connectivity index (χ0n) is 20.1. The maximum atomic E-state index is 14.7. The number of amides is 1. The molecule has 1 aliphatic carbocycles. The van der Waals surface area contributed by atoms with Crippen molar-refractivity contribution in [3.05, 3.63) is 46.3 Å². The van der Waals surface area contributed by atoms with Gasteiger partial charge in [0, 0.05) is 19.2 Å². The van der Waals surface area contributed by atoms with Crippen LogP contribution < -0.4 is 5.32 Å². The van der Waals surface area contributed by atoms with Gasteiger partial charge >= 0.3 is 0 Å². The van der Waals surface area contributed by atoms with Crippen LogP contribution in [0, 0.1) is 11.7 Å². The first kappa shape index (κ1) is 26.6. The van der Waals surface area contributed by atoms with E-state index in [0.717, 1.165) is 0 Å². The summed E-state index contributed by atoms with van der Waals surface area (Å²) in [5.41, 5.74) is -0.0888. The second-order valence-corrected chi connectivity index (χ2v) is 12.3. The lowest BCUT2D eigenvalue weighted by Crippen LogP contribution is -2.47. The number of aromatic nitrogens is 2. The molecule has 0 unspecified atom stereocenters. The minimum Gasteiger partial charge on any atom is -0.388 e. The van der Waals surface area contributed by atoms with Gasteiger partial charge in [-0.1, -0.05) is 38.4 Å². The topological polar surface area (TPSA) is 101 Å². The molecule has 188 valence electrons.